The average molecular weight is 491 g/mol. The maximum absolute atomic E-state index is 11.5. The van der Waals surface area contributed by atoms with Crippen LogP contribution >= 0.6 is 11.6 Å². The van der Waals surface area contributed by atoms with Gasteiger partial charge in [0.1, 0.15) is 30.5 Å². The van der Waals surface area contributed by atoms with Crippen molar-refractivity contribution in [3.8, 4) is 17.2 Å². The fraction of sp³-hybridized carbons (Fsp3) is 0.207. The Labute approximate surface area is 209 Å². The first-order valence-electron chi connectivity index (χ1n) is 11.5. The zero-order valence-corrected chi connectivity index (χ0v) is 20.2. The molecule has 0 aliphatic carbocycles. The van der Waals surface area contributed by atoms with E-state index < -0.39 is 12.1 Å². The first kappa shape index (κ1) is 24.4. The summed E-state index contributed by atoms with van der Waals surface area (Å²) in [6.45, 7) is 2.52. The Hall–Kier alpha value is -3.70. The van der Waals surface area contributed by atoms with Gasteiger partial charge in [-0.05, 0) is 47.0 Å². The van der Waals surface area contributed by atoms with Crippen LogP contribution in [0.2, 0.25) is 5.02 Å². The molecule has 0 saturated carbocycles. The number of halogens is 1. The molecule has 1 unspecified atom stereocenters. The van der Waals surface area contributed by atoms with Crippen molar-refractivity contribution in [2.45, 2.75) is 39.1 Å². The molecule has 0 aliphatic rings. The molecule has 1 atom stereocenters. The van der Waals surface area contributed by atoms with Gasteiger partial charge in [0.05, 0.1) is 5.02 Å². The van der Waals surface area contributed by atoms with E-state index in [0.29, 0.717) is 47.3 Å². The van der Waals surface area contributed by atoms with Gasteiger partial charge in [0, 0.05) is 11.6 Å². The molecule has 180 valence electrons. The third-order valence-corrected chi connectivity index (χ3v) is 5.85. The Morgan fingerprint density at radius 3 is 2.31 bits per heavy atom. The highest BCUT2D eigenvalue weighted by Gasteiger charge is 2.21. The average Bonchev–Trinajstić information content (AvgIpc) is 2.87. The van der Waals surface area contributed by atoms with Crippen molar-refractivity contribution in [1.29, 1.82) is 0 Å². The summed E-state index contributed by atoms with van der Waals surface area (Å²) in [6, 6.07) is 27.2. The lowest BCUT2D eigenvalue weighted by Gasteiger charge is -2.19. The fourth-order valence-electron chi connectivity index (χ4n) is 3.75. The van der Waals surface area contributed by atoms with Crippen molar-refractivity contribution in [2.24, 2.45) is 0 Å². The normalized spacial score (nSPS) is 11.7. The van der Waals surface area contributed by atoms with Crippen LogP contribution in [0.3, 0.4) is 0 Å². The molecular formula is C29H27ClO5. The standard InChI is InChI=1S/C29H27ClO5/c1-2-7-27(29(31)32)35-28-23(10-5-13-26(28)30)19-34-25-12-6-11-24(17-25)33-18-20-14-15-21-8-3-4-9-22(21)16-20/h3-6,8-17,27H,2,7,18-19H2,1H3,(H,31,32). The maximum atomic E-state index is 11.5. The second kappa shape index (κ2) is 11.6. The molecule has 6 heteroatoms. The van der Waals surface area contributed by atoms with E-state index in [2.05, 4.69) is 30.3 Å². The zero-order chi connectivity index (χ0) is 24.6. The number of rotatable bonds is 11. The Kier molecular flexibility index (Phi) is 8.11. The molecule has 4 aromatic rings. The molecule has 5 nitrogen and oxygen atoms in total. The molecule has 1 N–H and O–H groups in total. The van der Waals surface area contributed by atoms with E-state index in [1.807, 2.05) is 49.4 Å². The third-order valence-electron chi connectivity index (χ3n) is 5.55. The van der Waals surface area contributed by atoms with Gasteiger partial charge in [-0.1, -0.05) is 79.5 Å². The molecule has 0 radical (unpaired) electrons. The van der Waals surface area contributed by atoms with Gasteiger partial charge in [-0.15, -0.1) is 0 Å². The molecule has 0 aliphatic heterocycles. The fourth-order valence-corrected chi connectivity index (χ4v) is 3.99. The van der Waals surface area contributed by atoms with Crippen LogP contribution in [0.15, 0.2) is 84.9 Å². The number of carboxylic acid groups (broad SMARTS) is 1. The highest BCUT2D eigenvalue weighted by atomic mass is 35.5. The van der Waals surface area contributed by atoms with Crippen molar-refractivity contribution in [3.05, 3.63) is 101 Å². The highest BCUT2D eigenvalue weighted by Crippen LogP contribution is 2.32. The molecule has 0 saturated heterocycles. The smallest absolute Gasteiger partial charge is 0.344 e. The monoisotopic (exact) mass is 490 g/mol. The number of para-hydroxylation sites is 1. The van der Waals surface area contributed by atoms with E-state index in [4.69, 9.17) is 25.8 Å². The van der Waals surface area contributed by atoms with Crippen LogP contribution < -0.4 is 14.2 Å². The molecule has 0 bridgehead atoms. The highest BCUT2D eigenvalue weighted by molar-refractivity contribution is 6.32. The summed E-state index contributed by atoms with van der Waals surface area (Å²) < 4.78 is 17.7. The summed E-state index contributed by atoms with van der Waals surface area (Å²) in [7, 11) is 0. The predicted molar refractivity (Wildman–Crippen MR) is 137 cm³/mol. The zero-order valence-electron chi connectivity index (χ0n) is 19.4. The first-order valence-corrected chi connectivity index (χ1v) is 11.9. The van der Waals surface area contributed by atoms with Gasteiger partial charge in [-0.3, -0.25) is 0 Å². The van der Waals surface area contributed by atoms with Gasteiger partial charge in [-0.2, -0.15) is 0 Å². The first-order chi connectivity index (χ1) is 17.0. The number of ether oxygens (including phenoxy) is 3. The number of fused-ring (bicyclic) bond motifs is 1. The summed E-state index contributed by atoms with van der Waals surface area (Å²) in [6.07, 6.45) is 0.0990. The lowest BCUT2D eigenvalue weighted by atomic mass is 10.1. The lowest BCUT2D eigenvalue weighted by Crippen LogP contribution is -2.27. The lowest BCUT2D eigenvalue weighted by molar-refractivity contribution is -0.145. The SMILES string of the molecule is CCCC(Oc1c(Cl)cccc1COc1cccc(OCc2ccc3ccccc3c2)c1)C(=O)O. The van der Waals surface area contributed by atoms with E-state index in [1.54, 1.807) is 12.1 Å². The second-order valence-electron chi connectivity index (χ2n) is 8.20. The molecule has 0 spiro atoms. The van der Waals surface area contributed by atoms with Gasteiger partial charge in [0.25, 0.3) is 0 Å². The predicted octanol–water partition coefficient (Wildman–Crippen LogP) is 7.28. The van der Waals surface area contributed by atoms with Gasteiger partial charge in [0.2, 0.25) is 0 Å². The van der Waals surface area contributed by atoms with Crippen molar-refractivity contribution in [3.63, 3.8) is 0 Å². The van der Waals surface area contributed by atoms with Gasteiger partial charge in [0.15, 0.2) is 6.10 Å². The molecule has 35 heavy (non-hydrogen) atoms. The van der Waals surface area contributed by atoms with Crippen LogP contribution in [0.1, 0.15) is 30.9 Å². The van der Waals surface area contributed by atoms with Gasteiger partial charge in [-0.25, -0.2) is 4.79 Å². The second-order valence-corrected chi connectivity index (χ2v) is 8.60. The van der Waals surface area contributed by atoms with Crippen LogP contribution in [0.25, 0.3) is 10.8 Å². The molecule has 0 fully saturated rings. The van der Waals surface area contributed by atoms with E-state index in [9.17, 15) is 9.90 Å². The maximum Gasteiger partial charge on any atom is 0.344 e. The quantitative estimate of drug-likeness (QED) is 0.239. The number of aliphatic carboxylic acids is 1. The summed E-state index contributed by atoms with van der Waals surface area (Å²) in [5, 5.41) is 12.2. The molecule has 0 amide bonds. The van der Waals surface area contributed by atoms with Gasteiger partial charge < -0.3 is 19.3 Å². The minimum atomic E-state index is -1.02. The Morgan fingerprint density at radius 1 is 0.857 bits per heavy atom. The minimum Gasteiger partial charge on any atom is -0.489 e. The van der Waals surface area contributed by atoms with Crippen molar-refractivity contribution < 1.29 is 24.1 Å². The van der Waals surface area contributed by atoms with Crippen molar-refractivity contribution >= 4 is 28.3 Å². The van der Waals surface area contributed by atoms with Crippen molar-refractivity contribution in [2.75, 3.05) is 0 Å². The largest absolute Gasteiger partial charge is 0.489 e. The number of carboxylic acids is 1. The van der Waals surface area contributed by atoms with Crippen LogP contribution in [-0.4, -0.2) is 17.2 Å². The topological polar surface area (TPSA) is 65.0 Å². The summed E-state index contributed by atoms with van der Waals surface area (Å²) >= 11 is 6.33. The van der Waals surface area contributed by atoms with Crippen LogP contribution in [-0.2, 0) is 18.0 Å². The van der Waals surface area contributed by atoms with Crippen LogP contribution in [0.5, 0.6) is 17.2 Å². The van der Waals surface area contributed by atoms with E-state index in [1.165, 1.54) is 10.8 Å². The van der Waals surface area contributed by atoms with Crippen molar-refractivity contribution in [1.82, 2.24) is 0 Å². The van der Waals surface area contributed by atoms with Crippen LogP contribution in [0, 0.1) is 0 Å². The summed E-state index contributed by atoms with van der Waals surface area (Å²) in [5.41, 5.74) is 1.75. The molecule has 0 heterocycles. The van der Waals surface area contributed by atoms with Crippen LogP contribution in [0.4, 0.5) is 0 Å². The Morgan fingerprint density at radius 2 is 1.57 bits per heavy atom. The Balaban J connectivity index is 1.41. The number of carbonyl (C=O) groups is 1. The summed E-state index contributed by atoms with van der Waals surface area (Å²) in [4.78, 5) is 11.5. The third kappa shape index (κ3) is 6.46. The number of hydrogen-bond acceptors (Lipinski definition) is 4. The van der Waals surface area contributed by atoms with E-state index in [-0.39, 0.29) is 6.61 Å². The van der Waals surface area contributed by atoms with E-state index in [0.717, 1.165) is 5.56 Å². The number of benzene rings is 4. The molecule has 4 aromatic carbocycles. The van der Waals surface area contributed by atoms with Gasteiger partial charge >= 0.3 is 5.97 Å². The molecule has 0 aromatic heterocycles. The molecule has 4 rings (SSSR count). The minimum absolute atomic E-state index is 0.169. The Bertz CT molecular complexity index is 1300. The summed E-state index contributed by atoms with van der Waals surface area (Å²) in [5.74, 6) is 0.621. The number of hydrogen-bond donors (Lipinski definition) is 1. The molecular weight excluding hydrogens is 464 g/mol. The van der Waals surface area contributed by atoms with E-state index >= 15 is 0 Å².